The largest absolute Gasteiger partial charge is 0.371 e. The summed E-state index contributed by atoms with van der Waals surface area (Å²) in [6.45, 7) is 7.07. The molecule has 0 aliphatic carbocycles. The lowest BCUT2D eigenvalue weighted by Gasteiger charge is -2.37. The molecule has 2 heteroatoms. The number of benzene rings is 9. The molecular weight excluding hydrogens is 737 g/mol. The molecule has 0 radical (unpaired) electrons. The number of nitrogens with zero attached hydrogens (tertiary/aromatic N) is 2. The van der Waals surface area contributed by atoms with Crippen molar-refractivity contribution in [3.05, 3.63) is 167 Å². The summed E-state index contributed by atoms with van der Waals surface area (Å²) in [7, 11) is 0. The number of fused-ring (bicyclic) bond motifs is 4. The van der Waals surface area contributed by atoms with Crippen LogP contribution in [0.25, 0.3) is 87.6 Å². The summed E-state index contributed by atoms with van der Waals surface area (Å²) in [4.78, 5) is 5.32. The van der Waals surface area contributed by atoms with Crippen molar-refractivity contribution < 1.29 is 0 Å². The predicted octanol–water partition coefficient (Wildman–Crippen LogP) is 14.7. The van der Waals surface area contributed by atoms with Crippen LogP contribution in [0.3, 0.4) is 0 Å². The number of hydrogen-bond donors (Lipinski definition) is 0. The first-order valence-corrected chi connectivity index (χ1v) is 23.0. The van der Waals surface area contributed by atoms with E-state index in [1.807, 2.05) is 0 Å². The SMILES string of the molecule is Cc1cc(-c2c3ccccc3c(-c3cc4c5c(c3)CCCN5CCC4)c3ccccc23)cc(-c2c3ccccc3c(-c3cc4c5c(c3)CCCN5CCC4)c3ccccc23)c1. The Hall–Kier alpha value is -6.38. The molecule has 4 aliphatic heterocycles. The fourth-order valence-electron chi connectivity index (χ4n) is 12.5. The van der Waals surface area contributed by atoms with Crippen LogP contribution in [-0.2, 0) is 25.7 Å². The van der Waals surface area contributed by atoms with Gasteiger partial charge in [0.05, 0.1) is 0 Å². The Balaban J connectivity index is 1.04. The molecule has 296 valence electrons. The van der Waals surface area contributed by atoms with Crippen molar-refractivity contribution in [1.82, 2.24) is 0 Å². The second kappa shape index (κ2) is 13.8. The Labute approximate surface area is 359 Å². The molecule has 0 spiro atoms. The van der Waals surface area contributed by atoms with Gasteiger partial charge in [0.2, 0.25) is 0 Å². The van der Waals surface area contributed by atoms with Crippen molar-refractivity contribution in [2.24, 2.45) is 0 Å². The third-order valence-corrected chi connectivity index (χ3v) is 14.8. The van der Waals surface area contributed by atoms with Crippen LogP contribution in [0.2, 0.25) is 0 Å². The Kier molecular flexibility index (Phi) is 8.02. The van der Waals surface area contributed by atoms with E-state index in [4.69, 9.17) is 0 Å². The van der Waals surface area contributed by atoms with Gasteiger partial charge in [-0.05, 0) is 204 Å². The maximum Gasteiger partial charge on any atom is 0.0431 e. The molecule has 9 aromatic rings. The molecule has 0 aromatic heterocycles. The predicted molar refractivity (Wildman–Crippen MR) is 261 cm³/mol. The van der Waals surface area contributed by atoms with Crippen LogP contribution < -0.4 is 9.80 Å². The minimum atomic E-state index is 1.17. The fourth-order valence-corrected chi connectivity index (χ4v) is 12.5. The third-order valence-electron chi connectivity index (χ3n) is 14.8. The highest BCUT2D eigenvalue weighted by atomic mass is 15.1. The van der Waals surface area contributed by atoms with Gasteiger partial charge < -0.3 is 9.80 Å². The first kappa shape index (κ1) is 35.4. The Morgan fingerprint density at radius 3 is 0.820 bits per heavy atom. The van der Waals surface area contributed by atoms with E-state index in [2.05, 4.69) is 156 Å². The first-order valence-electron chi connectivity index (χ1n) is 23.0. The maximum absolute atomic E-state index is 2.66. The Morgan fingerprint density at radius 1 is 0.311 bits per heavy atom. The smallest absolute Gasteiger partial charge is 0.0431 e. The zero-order valence-electron chi connectivity index (χ0n) is 35.2. The van der Waals surface area contributed by atoms with Gasteiger partial charge in [0, 0.05) is 37.6 Å². The number of rotatable bonds is 4. The molecule has 0 atom stereocenters. The van der Waals surface area contributed by atoms with Crippen LogP contribution in [-0.4, -0.2) is 26.2 Å². The molecule has 0 amide bonds. The van der Waals surface area contributed by atoms with Crippen LogP contribution in [0, 0.1) is 6.92 Å². The van der Waals surface area contributed by atoms with Gasteiger partial charge in [0.25, 0.3) is 0 Å². The second-order valence-electron chi connectivity index (χ2n) is 18.4. The summed E-state index contributed by atoms with van der Waals surface area (Å²) < 4.78 is 0. The number of anilines is 2. The minimum absolute atomic E-state index is 1.17. The van der Waals surface area contributed by atoms with Gasteiger partial charge in [0.1, 0.15) is 0 Å². The average Bonchev–Trinajstić information content (AvgIpc) is 3.30. The van der Waals surface area contributed by atoms with Gasteiger partial charge in [-0.25, -0.2) is 0 Å². The Morgan fingerprint density at radius 2 is 0.557 bits per heavy atom. The van der Waals surface area contributed by atoms with Crippen molar-refractivity contribution >= 4 is 54.5 Å². The quantitative estimate of drug-likeness (QED) is 0.164. The van der Waals surface area contributed by atoms with E-state index in [1.54, 1.807) is 0 Å². The molecule has 0 N–H and O–H groups in total. The van der Waals surface area contributed by atoms with E-state index in [1.165, 1.54) is 204 Å². The molecule has 9 aromatic carbocycles. The summed E-state index contributed by atoms with van der Waals surface area (Å²) in [6.07, 6.45) is 9.66. The molecule has 0 fully saturated rings. The molecule has 4 aliphatic rings. The summed E-state index contributed by atoms with van der Waals surface area (Å²) in [5, 5.41) is 10.6. The second-order valence-corrected chi connectivity index (χ2v) is 18.4. The molecule has 0 saturated heterocycles. The van der Waals surface area contributed by atoms with E-state index in [9.17, 15) is 0 Å². The summed E-state index contributed by atoms with van der Waals surface area (Å²) in [6, 6.07) is 54.4. The van der Waals surface area contributed by atoms with E-state index in [-0.39, 0.29) is 0 Å². The lowest BCUT2D eigenvalue weighted by Crippen LogP contribution is -2.34. The summed E-state index contributed by atoms with van der Waals surface area (Å²) >= 11 is 0. The van der Waals surface area contributed by atoms with E-state index < -0.39 is 0 Å². The minimum Gasteiger partial charge on any atom is -0.371 e. The highest BCUT2D eigenvalue weighted by molar-refractivity contribution is 6.24. The molecular formula is C59H50N2. The van der Waals surface area contributed by atoms with Crippen LogP contribution in [0.5, 0.6) is 0 Å². The average molecular weight is 787 g/mol. The zero-order chi connectivity index (χ0) is 40.2. The van der Waals surface area contributed by atoms with Gasteiger partial charge in [-0.2, -0.15) is 0 Å². The maximum atomic E-state index is 2.66. The fraction of sp³-hybridized carbons (Fsp3) is 0.220. The monoisotopic (exact) mass is 786 g/mol. The Bertz CT molecular complexity index is 2900. The summed E-state index contributed by atoms with van der Waals surface area (Å²) in [5.41, 5.74) is 21.2. The molecule has 4 heterocycles. The van der Waals surface area contributed by atoms with Gasteiger partial charge >= 0.3 is 0 Å². The van der Waals surface area contributed by atoms with Crippen molar-refractivity contribution in [2.75, 3.05) is 36.0 Å². The van der Waals surface area contributed by atoms with Crippen LogP contribution >= 0.6 is 0 Å². The van der Waals surface area contributed by atoms with Crippen LogP contribution in [0.4, 0.5) is 11.4 Å². The summed E-state index contributed by atoms with van der Waals surface area (Å²) in [5.74, 6) is 0. The lowest BCUT2D eigenvalue weighted by molar-refractivity contribution is 0.634. The topological polar surface area (TPSA) is 6.48 Å². The van der Waals surface area contributed by atoms with Gasteiger partial charge in [-0.3, -0.25) is 0 Å². The number of hydrogen-bond acceptors (Lipinski definition) is 2. The van der Waals surface area contributed by atoms with Crippen molar-refractivity contribution in [3.63, 3.8) is 0 Å². The van der Waals surface area contributed by atoms with Crippen molar-refractivity contribution in [1.29, 1.82) is 0 Å². The van der Waals surface area contributed by atoms with E-state index in [0.717, 1.165) is 0 Å². The lowest BCUT2D eigenvalue weighted by atomic mass is 9.81. The normalized spacial score (nSPS) is 15.8. The molecule has 2 nitrogen and oxygen atoms in total. The third kappa shape index (κ3) is 5.47. The molecule has 61 heavy (non-hydrogen) atoms. The number of aryl methyl sites for hydroxylation is 5. The van der Waals surface area contributed by atoms with Gasteiger partial charge in [-0.1, -0.05) is 109 Å². The van der Waals surface area contributed by atoms with Gasteiger partial charge in [0.15, 0.2) is 0 Å². The molecule has 0 saturated carbocycles. The van der Waals surface area contributed by atoms with Crippen LogP contribution in [0.1, 0.15) is 53.5 Å². The van der Waals surface area contributed by atoms with Crippen LogP contribution in [0.15, 0.2) is 140 Å². The molecule has 0 unspecified atom stereocenters. The zero-order valence-corrected chi connectivity index (χ0v) is 35.2. The molecule has 13 rings (SSSR count). The van der Waals surface area contributed by atoms with Gasteiger partial charge in [-0.15, -0.1) is 0 Å². The van der Waals surface area contributed by atoms with Crippen molar-refractivity contribution in [2.45, 2.75) is 58.3 Å². The highest BCUT2D eigenvalue weighted by Crippen LogP contribution is 2.50. The molecule has 0 bridgehead atoms. The van der Waals surface area contributed by atoms with E-state index >= 15 is 0 Å². The van der Waals surface area contributed by atoms with E-state index in [0.29, 0.717) is 0 Å². The standard InChI is InChI=1S/C59H50N2/c1-37-30-42(54-46-18-2-6-22-50(46)56(51-23-7-3-19-47(51)54)44-32-38-14-10-26-60-27-11-15-39(33-44)58(38)60)36-43(31-37)55-48-20-4-8-24-52(48)57(53-25-9-5-21-49(53)55)45-34-40-16-12-28-61-29-13-17-41(35-45)59(40)61/h2-9,18-25,30-36H,10-17,26-29H2,1H3. The van der Waals surface area contributed by atoms with Crippen molar-refractivity contribution in [3.8, 4) is 44.5 Å². The highest BCUT2D eigenvalue weighted by Gasteiger charge is 2.28. The first-order chi connectivity index (χ1) is 30.2.